The zero-order valence-electron chi connectivity index (χ0n) is 10.4. The maximum absolute atomic E-state index is 12.2. The van der Waals surface area contributed by atoms with Crippen LogP contribution >= 0.6 is 34.4 Å². The maximum Gasteiger partial charge on any atom is 0.446 e. The third-order valence-electron chi connectivity index (χ3n) is 2.58. The van der Waals surface area contributed by atoms with Crippen molar-refractivity contribution in [1.29, 1.82) is 0 Å². The molecule has 2 aromatic rings. The molecule has 3 nitrogen and oxygen atoms in total. The van der Waals surface area contributed by atoms with Gasteiger partial charge in [0.05, 0.1) is 15.8 Å². The molecule has 0 unspecified atom stereocenters. The summed E-state index contributed by atoms with van der Waals surface area (Å²) in [5.74, 6) is 0.567. The second-order valence-corrected chi connectivity index (χ2v) is 6.35. The highest BCUT2D eigenvalue weighted by atomic mass is 127. The van der Waals surface area contributed by atoms with E-state index >= 15 is 0 Å². The van der Waals surface area contributed by atoms with Gasteiger partial charge in [0, 0.05) is 4.90 Å². The van der Waals surface area contributed by atoms with Crippen LogP contribution in [0.3, 0.4) is 0 Å². The van der Waals surface area contributed by atoms with E-state index < -0.39 is 5.51 Å². The van der Waals surface area contributed by atoms with Crippen molar-refractivity contribution in [3.05, 3.63) is 39.1 Å². The normalized spacial score (nSPS) is 11.8. The van der Waals surface area contributed by atoms with Gasteiger partial charge >= 0.3 is 5.51 Å². The molecule has 0 fully saturated rings. The minimum atomic E-state index is -4.26. The van der Waals surface area contributed by atoms with Crippen LogP contribution in [0.1, 0.15) is 11.3 Å². The van der Waals surface area contributed by atoms with E-state index in [9.17, 15) is 13.2 Å². The van der Waals surface area contributed by atoms with Gasteiger partial charge in [0.1, 0.15) is 5.82 Å². The zero-order valence-corrected chi connectivity index (χ0v) is 13.4. The first-order chi connectivity index (χ1) is 9.26. The van der Waals surface area contributed by atoms with E-state index in [1.54, 1.807) is 16.8 Å². The smallest absolute Gasteiger partial charge is 0.383 e. The van der Waals surface area contributed by atoms with Gasteiger partial charge in [-0.2, -0.15) is 18.3 Å². The highest BCUT2D eigenvalue weighted by Crippen LogP contribution is 2.36. The van der Waals surface area contributed by atoms with Crippen LogP contribution in [0, 0.1) is 10.5 Å². The molecule has 0 bridgehead atoms. The lowest BCUT2D eigenvalue weighted by molar-refractivity contribution is -0.0328. The topological polar surface area (TPSA) is 43.8 Å². The fraction of sp³-hybridized carbons (Fsp3) is 0.250. The number of rotatable bonds is 3. The van der Waals surface area contributed by atoms with E-state index in [-0.39, 0.29) is 16.7 Å². The molecule has 0 atom stereocenters. The van der Waals surface area contributed by atoms with Crippen LogP contribution < -0.4 is 5.73 Å². The largest absolute Gasteiger partial charge is 0.446 e. The van der Waals surface area contributed by atoms with Gasteiger partial charge < -0.3 is 5.73 Å². The first-order valence-electron chi connectivity index (χ1n) is 5.59. The van der Waals surface area contributed by atoms with Gasteiger partial charge in [-0.15, -0.1) is 0 Å². The summed E-state index contributed by atoms with van der Waals surface area (Å²) in [7, 11) is 0. The Bertz CT molecular complexity index is 608. The van der Waals surface area contributed by atoms with Crippen LogP contribution in [0.4, 0.5) is 19.0 Å². The lowest BCUT2D eigenvalue weighted by Gasteiger charge is -2.07. The lowest BCUT2D eigenvalue weighted by Crippen LogP contribution is -2.06. The number of hydrogen-bond acceptors (Lipinski definition) is 3. The van der Waals surface area contributed by atoms with E-state index in [1.165, 1.54) is 12.1 Å². The van der Waals surface area contributed by atoms with Crippen LogP contribution in [-0.2, 0) is 6.54 Å². The summed E-state index contributed by atoms with van der Waals surface area (Å²) in [6.45, 7) is 2.30. The van der Waals surface area contributed by atoms with Crippen molar-refractivity contribution < 1.29 is 13.2 Å². The Morgan fingerprint density at radius 2 is 1.90 bits per heavy atom. The number of anilines is 1. The number of aromatic nitrogens is 2. The molecule has 0 aliphatic rings. The fourth-order valence-electron chi connectivity index (χ4n) is 1.67. The Hall–Kier alpha value is -0.900. The molecular formula is C12H11F3IN3S. The molecule has 0 spiro atoms. The second-order valence-electron chi connectivity index (χ2n) is 4.13. The van der Waals surface area contributed by atoms with Crippen LogP contribution in [0.5, 0.6) is 0 Å². The molecule has 20 heavy (non-hydrogen) atoms. The molecule has 0 amide bonds. The molecule has 108 valence electrons. The predicted molar refractivity (Wildman–Crippen MR) is 81.5 cm³/mol. The number of nitrogens with two attached hydrogens (primary N) is 1. The van der Waals surface area contributed by atoms with Gasteiger partial charge in [-0.3, -0.25) is 0 Å². The van der Waals surface area contributed by atoms with Gasteiger partial charge in [0.25, 0.3) is 0 Å². The average molecular weight is 413 g/mol. The molecule has 1 heterocycles. The summed E-state index contributed by atoms with van der Waals surface area (Å²) in [5, 5.41) is 4.29. The Morgan fingerprint density at radius 3 is 2.35 bits per heavy atom. The van der Waals surface area contributed by atoms with E-state index in [1.807, 2.05) is 6.92 Å². The van der Waals surface area contributed by atoms with E-state index in [4.69, 9.17) is 5.73 Å². The molecule has 0 radical (unpaired) electrons. The number of nitrogens with zero attached hydrogens (tertiary/aromatic N) is 2. The standard InChI is InChI=1S/C12H11F3IN3S/c1-7-10(16)11(17)19(18-7)6-8-2-4-9(5-3-8)20-12(13,14)15/h2-5H,6,17H2,1H3. The van der Waals surface area contributed by atoms with Crippen LogP contribution in [0.2, 0.25) is 0 Å². The second kappa shape index (κ2) is 5.84. The van der Waals surface area contributed by atoms with Crippen molar-refractivity contribution in [2.24, 2.45) is 0 Å². The molecule has 2 rings (SSSR count). The summed E-state index contributed by atoms with van der Waals surface area (Å²) in [5.41, 5.74) is 3.33. The van der Waals surface area contributed by atoms with Gasteiger partial charge in [0.15, 0.2) is 0 Å². The first-order valence-corrected chi connectivity index (χ1v) is 7.49. The molecule has 0 aliphatic carbocycles. The van der Waals surface area contributed by atoms with Crippen LogP contribution in [0.25, 0.3) is 0 Å². The zero-order chi connectivity index (χ0) is 14.9. The minimum absolute atomic E-state index is 0.123. The van der Waals surface area contributed by atoms with E-state index in [0.717, 1.165) is 14.8 Å². The summed E-state index contributed by atoms with van der Waals surface area (Å²) in [6.07, 6.45) is 0. The van der Waals surface area contributed by atoms with Crippen molar-refractivity contribution in [2.45, 2.75) is 23.9 Å². The molecule has 1 aromatic heterocycles. The Morgan fingerprint density at radius 1 is 1.30 bits per heavy atom. The Labute approximate surface area is 131 Å². The molecular weight excluding hydrogens is 402 g/mol. The van der Waals surface area contributed by atoms with Crippen molar-refractivity contribution >= 4 is 40.2 Å². The first kappa shape index (κ1) is 15.5. The summed E-state index contributed by atoms with van der Waals surface area (Å²) in [4.78, 5) is 0.167. The molecule has 0 aliphatic heterocycles. The quantitative estimate of drug-likeness (QED) is 0.611. The summed E-state index contributed by atoms with van der Waals surface area (Å²) < 4.78 is 39.2. The third-order valence-corrected chi connectivity index (χ3v) is 4.65. The molecule has 1 aromatic carbocycles. The number of thioether (sulfide) groups is 1. The predicted octanol–water partition coefficient (Wildman–Crippen LogP) is 4.04. The number of alkyl halides is 3. The molecule has 2 N–H and O–H groups in total. The summed E-state index contributed by atoms with van der Waals surface area (Å²) in [6, 6.07) is 6.20. The number of benzene rings is 1. The van der Waals surface area contributed by atoms with E-state index in [2.05, 4.69) is 27.7 Å². The number of halogens is 4. The lowest BCUT2D eigenvalue weighted by atomic mass is 10.2. The third kappa shape index (κ3) is 3.81. The van der Waals surface area contributed by atoms with Gasteiger partial charge in [-0.25, -0.2) is 4.68 Å². The Kier molecular flexibility index (Phi) is 4.52. The van der Waals surface area contributed by atoms with Crippen LogP contribution in [-0.4, -0.2) is 15.3 Å². The highest BCUT2D eigenvalue weighted by molar-refractivity contribution is 14.1. The average Bonchev–Trinajstić information content (AvgIpc) is 2.58. The van der Waals surface area contributed by atoms with Crippen LogP contribution in [0.15, 0.2) is 29.2 Å². The fourth-order valence-corrected chi connectivity index (χ4v) is 2.59. The number of aryl methyl sites for hydroxylation is 1. The van der Waals surface area contributed by atoms with Gasteiger partial charge in [0.2, 0.25) is 0 Å². The molecule has 8 heteroatoms. The molecule has 0 saturated carbocycles. The van der Waals surface area contributed by atoms with Crippen molar-refractivity contribution in [2.75, 3.05) is 5.73 Å². The van der Waals surface area contributed by atoms with Gasteiger partial charge in [-0.1, -0.05) is 12.1 Å². The minimum Gasteiger partial charge on any atom is -0.383 e. The van der Waals surface area contributed by atoms with E-state index in [0.29, 0.717) is 12.4 Å². The molecule has 0 saturated heterocycles. The van der Waals surface area contributed by atoms with Crippen molar-refractivity contribution in [3.8, 4) is 0 Å². The van der Waals surface area contributed by atoms with Gasteiger partial charge in [-0.05, 0) is 59.0 Å². The number of nitrogen functional groups attached to an aromatic ring is 1. The summed E-state index contributed by atoms with van der Waals surface area (Å²) >= 11 is 1.99. The monoisotopic (exact) mass is 413 g/mol. The number of hydrogen-bond donors (Lipinski definition) is 1. The van der Waals surface area contributed by atoms with Crippen molar-refractivity contribution in [3.63, 3.8) is 0 Å². The highest BCUT2D eigenvalue weighted by Gasteiger charge is 2.28. The SMILES string of the molecule is Cc1nn(Cc2ccc(SC(F)(F)F)cc2)c(N)c1I. The maximum atomic E-state index is 12.2. The Balaban J connectivity index is 2.13. The van der Waals surface area contributed by atoms with Crippen molar-refractivity contribution in [1.82, 2.24) is 9.78 Å².